The molecule has 2 heterocycles. The Labute approximate surface area is 173 Å². The predicted molar refractivity (Wildman–Crippen MR) is 109 cm³/mol. The summed E-state index contributed by atoms with van der Waals surface area (Å²) in [5.74, 6) is 0.432. The van der Waals surface area contributed by atoms with E-state index in [4.69, 9.17) is 4.74 Å². The minimum Gasteiger partial charge on any atom is -0.457 e. The molecule has 0 spiro atoms. The van der Waals surface area contributed by atoms with Crippen LogP contribution < -0.4 is 10.1 Å². The van der Waals surface area contributed by atoms with Gasteiger partial charge in [-0.2, -0.15) is 0 Å². The molecule has 6 heteroatoms. The van der Waals surface area contributed by atoms with Gasteiger partial charge in [-0.05, 0) is 24.3 Å². The maximum Gasteiger partial charge on any atom is 0.261 e. The summed E-state index contributed by atoms with van der Waals surface area (Å²) < 4.78 is 5.95. The van der Waals surface area contributed by atoms with Crippen LogP contribution in [0, 0.1) is 0 Å². The molecule has 3 amide bonds. The van der Waals surface area contributed by atoms with E-state index in [0.29, 0.717) is 22.6 Å². The molecule has 0 unspecified atom stereocenters. The van der Waals surface area contributed by atoms with Gasteiger partial charge in [-0.15, -0.1) is 0 Å². The first-order valence-electron chi connectivity index (χ1n) is 9.74. The van der Waals surface area contributed by atoms with Crippen LogP contribution in [0.1, 0.15) is 44.3 Å². The number of rotatable bonds is 4. The molecule has 0 saturated carbocycles. The third-order valence-corrected chi connectivity index (χ3v) is 5.43. The fourth-order valence-corrected chi connectivity index (χ4v) is 3.95. The first-order chi connectivity index (χ1) is 14.6. The zero-order valence-electron chi connectivity index (χ0n) is 16.0. The topological polar surface area (TPSA) is 75.7 Å². The van der Waals surface area contributed by atoms with E-state index in [9.17, 15) is 14.4 Å². The van der Waals surface area contributed by atoms with Crippen molar-refractivity contribution in [2.75, 3.05) is 6.54 Å². The number of imide groups is 1. The number of fused-ring (bicyclic) bond motifs is 3. The fourth-order valence-electron chi connectivity index (χ4n) is 3.95. The van der Waals surface area contributed by atoms with Crippen molar-refractivity contribution < 1.29 is 19.1 Å². The molecular formula is C24H18N2O4. The molecule has 2 aliphatic heterocycles. The van der Waals surface area contributed by atoms with Crippen LogP contribution >= 0.6 is 0 Å². The lowest BCUT2D eigenvalue weighted by atomic mass is 9.94. The minimum atomic E-state index is -0.360. The third-order valence-electron chi connectivity index (χ3n) is 5.43. The Balaban J connectivity index is 1.32. The summed E-state index contributed by atoms with van der Waals surface area (Å²) in [5, 5.41) is 3.04. The number of carbonyl (C=O) groups is 3. The molecule has 0 aromatic heterocycles. The second-order valence-corrected chi connectivity index (χ2v) is 7.24. The molecule has 0 fully saturated rings. The van der Waals surface area contributed by atoms with E-state index in [1.807, 2.05) is 48.5 Å². The van der Waals surface area contributed by atoms with Gasteiger partial charge in [0.2, 0.25) is 5.91 Å². The molecule has 6 nitrogen and oxygen atoms in total. The van der Waals surface area contributed by atoms with Crippen LogP contribution in [-0.4, -0.2) is 29.2 Å². The predicted octanol–water partition coefficient (Wildman–Crippen LogP) is 3.68. The molecule has 3 aromatic rings. The molecule has 2 aliphatic rings. The second kappa shape index (κ2) is 7.15. The number of amides is 3. The minimum absolute atomic E-state index is 0.0210. The van der Waals surface area contributed by atoms with E-state index in [0.717, 1.165) is 16.0 Å². The first-order valence-corrected chi connectivity index (χ1v) is 9.74. The lowest BCUT2D eigenvalue weighted by molar-refractivity contribution is -0.121. The van der Waals surface area contributed by atoms with Crippen molar-refractivity contribution in [2.24, 2.45) is 0 Å². The maximum absolute atomic E-state index is 12.8. The highest BCUT2D eigenvalue weighted by Crippen LogP contribution is 2.42. The van der Waals surface area contributed by atoms with E-state index in [1.54, 1.807) is 24.3 Å². The summed E-state index contributed by atoms with van der Waals surface area (Å²) in [6.45, 7) is 0.0324. The van der Waals surface area contributed by atoms with Gasteiger partial charge >= 0.3 is 0 Å². The van der Waals surface area contributed by atoms with Gasteiger partial charge in [0, 0.05) is 24.1 Å². The molecule has 5 rings (SSSR count). The molecule has 1 N–H and O–H groups in total. The standard InChI is InChI=1S/C24H18N2O4/c27-21(13-14-26-23(28)15-7-1-2-8-16(15)24(26)29)25-22-17-9-3-5-11-19(17)30-20-12-6-4-10-18(20)22/h1-12,22H,13-14H2,(H,25,27). The van der Waals surface area contributed by atoms with Crippen molar-refractivity contribution in [1.82, 2.24) is 10.2 Å². The van der Waals surface area contributed by atoms with Gasteiger partial charge in [0.1, 0.15) is 11.5 Å². The zero-order chi connectivity index (χ0) is 20.7. The summed E-state index contributed by atoms with van der Waals surface area (Å²) in [6, 6.07) is 21.5. The quantitative estimate of drug-likeness (QED) is 0.680. The number of hydrogen-bond acceptors (Lipinski definition) is 4. The lowest BCUT2D eigenvalue weighted by Crippen LogP contribution is -2.36. The fraction of sp³-hybridized carbons (Fsp3) is 0.125. The first kappa shape index (κ1) is 18.1. The van der Waals surface area contributed by atoms with E-state index in [2.05, 4.69) is 5.32 Å². The summed E-state index contributed by atoms with van der Waals surface area (Å²) in [7, 11) is 0. The van der Waals surface area contributed by atoms with Gasteiger partial charge in [-0.1, -0.05) is 48.5 Å². The number of ether oxygens (including phenoxy) is 1. The number of para-hydroxylation sites is 2. The number of hydrogen-bond donors (Lipinski definition) is 1. The average molecular weight is 398 g/mol. The number of benzene rings is 3. The van der Waals surface area contributed by atoms with Gasteiger partial charge in [0.05, 0.1) is 17.2 Å². The Morgan fingerprint density at radius 2 is 1.30 bits per heavy atom. The normalized spacial score (nSPS) is 14.6. The lowest BCUT2D eigenvalue weighted by Gasteiger charge is -2.29. The smallest absolute Gasteiger partial charge is 0.261 e. The molecule has 0 radical (unpaired) electrons. The summed E-state index contributed by atoms with van der Waals surface area (Å²) in [6.07, 6.45) is 0.0210. The summed E-state index contributed by atoms with van der Waals surface area (Å²) in [5.41, 5.74) is 2.50. The van der Waals surface area contributed by atoms with Crippen LogP contribution in [0.3, 0.4) is 0 Å². The second-order valence-electron chi connectivity index (χ2n) is 7.24. The third kappa shape index (κ3) is 2.93. The Kier molecular flexibility index (Phi) is 4.32. The van der Waals surface area contributed by atoms with Crippen LogP contribution in [0.5, 0.6) is 11.5 Å². The molecule has 0 aliphatic carbocycles. The van der Waals surface area contributed by atoms with Crippen molar-refractivity contribution in [3.05, 3.63) is 95.1 Å². The van der Waals surface area contributed by atoms with Crippen molar-refractivity contribution in [3.8, 4) is 11.5 Å². The Morgan fingerprint density at radius 3 is 1.87 bits per heavy atom. The number of nitrogens with zero attached hydrogens (tertiary/aromatic N) is 1. The number of carbonyl (C=O) groups excluding carboxylic acids is 3. The van der Waals surface area contributed by atoms with Gasteiger partial charge in [-0.25, -0.2) is 0 Å². The van der Waals surface area contributed by atoms with Crippen LogP contribution in [0.2, 0.25) is 0 Å². The highest BCUT2D eigenvalue weighted by atomic mass is 16.5. The van der Waals surface area contributed by atoms with Gasteiger partial charge in [-0.3, -0.25) is 19.3 Å². The average Bonchev–Trinajstić information content (AvgIpc) is 3.02. The highest BCUT2D eigenvalue weighted by molar-refractivity contribution is 6.21. The molecule has 0 atom stereocenters. The van der Waals surface area contributed by atoms with E-state index in [1.165, 1.54) is 0 Å². The molecule has 0 bridgehead atoms. The van der Waals surface area contributed by atoms with Crippen LogP contribution in [-0.2, 0) is 4.79 Å². The molecule has 0 saturated heterocycles. The van der Waals surface area contributed by atoms with Crippen LogP contribution in [0.25, 0.3) is 0 Å². The highest BCUT2D eigenvalue weighted by Gasteiger charge is 2.35. The van der Waals surface area contributed by atoms with Gasteiger partial charge in [0.15, 0.2) is 0 Å². The zero-order valence-corrected chi connectivity index (χ0v) is 16.0. The van der Waals surface area contributed by atoms with Crippen molar-refractivity contribution in [1.29, 1.82) is 0 Å². The van der Waals surface area contributed by atoms with Gasteiger partial charge in [0.25, 0.3) is 11.8 Å². The van der Waals surface area contributed by atoms with Crippen molar-refractivity contribution in [2.45, 2.75) is 12.5 Å². The monoisotopic (exact) mass is 398 g/mol. The van der Waals surface area contributed by atoms with E-state index < -0.39 is 0 Å². The van der Waals surface area contributed by atoms with Crippen LogP contribution in [0.15, 0.2) is 72.8 Å². The Morgan fingerprint density at radius 1 is 0.800 bits per heavy atom. The van der Waals surface area contributed by atoms with Crippen molar-refractivity contribution in [3.63, 3.8) is 0 Å². The maximum atomic E-state index is 12.8. The SMILES string of the molecule is O=C(CCN1C(=O)c2ccccc2C1=O)NC1c2ccccc2Oc2ccccc21. The number of nitrogens with one attached hydrogen (secondary N) is 1. The molecule has 30 heavy (non-hydrogen) atoms. The largest absolute Gasteiger partial charge is 0.457 e. The van der Waals surface area contributed by atoms with Crippen molar-refractivity contribution >= 4 is 17.7 Å². The van der Waals surface area contributed by atoms with Crippen LogP contribution in [0.4, 0.5) is 0 Å². The molecular weight excluding hydrogens is 380 g/mol. The van der Waals surface area contributed by atoms with E-state index in [-0.39, 0.29) is 36.7 Å². The van der Waals surface area contributed by atoms with E-state index >= 15 is 0 Å². The molecule has 3 aromatic carbocycles. The Hall–Kier alpha value is -3.93. The molecule has 148 valence electrons. The Bertz CT molecular complexity index is 1110. The summed E-state index contributed by atoms with van der Waals surface area (Å²) in [4.78, 5) is 38.9. The summed E-state index contributed by atoms with van der Waals surface area (Å²) >= 11 is 0. The van der Waals surface area contributed by atoms with Gasteiger partial charge < -0.3 is 10.1 Å².